The van der Waals surface area contributed by atoms with Gasteiger partial charge < -0.3 is 10.2 Å². The Balaban J connectivity index is 1.41. The third kappa shape index (κ3) is 4.25. The Labute approximate surface area is 191 Å². The maximum absolute atomic E-state index is 12.8. The minimum absolute atomic E-state index is 0.0759. The van der Waals surface area contributed by atoms with Crippen molar-refractivity contribution in [1.29, 1.82) is 0 Å². The van der Waals surface area contributed by atoms with E-state index >= 15 is 0 Å². The SMILES string of the molecule is Cc1cccc(Nc2nnc(SCC(=O)C=C3N(C)c4ccccc4C3(C)C)s2)c1C. The van der Waals surface area contributed by atoms with Gasteiger partial charge in [-0.1, -0.05) is 67.3 Å². The normalized spacial score (nSPS) is 15.9. The Bertz CT molecular complexity index is 1170. The number of hydrogen-bond acceptors (Lipinski definition) is 7. The maximum atomic E-state index is 12.8. The topological polar surface area (TPSA) is 58.1 Å². The molecule has 1 aliphatic heterocycles. The van der Waals surface area contributed by atoms with Crippen LogP contribution in [0.4, 0.5) is 16.5 Å². The Hall–Kier alpha value is -2.64. The van der Waals surface area contributed by atoms with Crippen molar-refractivity contribution >= 4 is 45.4 Å². The Morgan fingerprint density at radius 2 is 1.94 bits per heavy atom. The van der Waals surface area contributed by atoms with Gasteiger partial charge in [-0.2, -0.15) is 0 Å². The Morgan fingerprint density at radius 3 is 2.71 bits per heavy atom. The van der Waals surface area contributed by atoms with E-state index in [1.165, 1.54) is 39.8 Å². The molecule has 0 saturated carbocycles. The molecule has 2 aromatic carbocycles. The molecule has 31 heavy (non-hydrogen) atoms. The highest BCUT2D eigenvalue weighted by atomic mass is 32.2. The van der Waals surface area contributed by atoms with E-state index in [-0.39, 0.29) is 11.2 Å². The van der Waals surface area contributed by atoms with Crippen LogP contribution in [0.5, 0.6) is 0 Å². The number of thioether (sulfide) groups is 1. The Kier molecular flexibility index (Phi) is 5.90. The van der Waals surface area contributed by atoms with Crippen LogP contribution in [0, 0.1) is 13.8 Å². The number of likely N-dealkylation sites (N-methyl/N-ethyl adjacent to an activating group) is 1. The quantitative estimate of drug-likeness (QED) is 0.374. The lowest BCUT2D eigenvalue weighted by atomic mass is 9.83. The molecule has 0 atom stereocenters. The largest absolute Gasteiger partial charge is 0.347 e. The van der Waals surface area contributed by atoms with Crippen molar-refractivity contribution in [1.82, 2.24) is 10.2 Å². The van der Waals surface area contributed by atoms with Gasteiger partial charge in [-0.3, -0.25) is 4.79 Å². The third-order valence-corrected chi connectivity index (χ3v) is 7.82. The maximum Gasteiger partial charge on any atom is 0.210 e. The van der Waals surface area contributed by atoms with E-state index in [0.717, 1.165) is 26.5 Å². The number of fused-ring (bicyclic) bond motifs is 1. The predicted octanol–water partition coefficient (Wildman–Crippen LogP) is 5.87. The molecule has 0 radical (unpaired) electrons. The van der Waals surface area contributed by atoms with E-state index in [2.05, 4.69) is 66.3 Å². The fourth-order valence-corrected chi connectivity index (χ4v) is 5.49. The highest BCUT2D eigenvalue weighted by Gasteiger charge is 2.38. The molecule has 1 aromatic heterocycles. The van der Waals surface area contributed by atoms with E-state index < -0.39 is 0 Å². The molecule has 1 N–H and O–H groups in total. The zero-order chi connectivity index (χ0) is 22.2. The molecule has 0 aliphatic carbocycles. The number of nitrogens with zero attached hydrogens (tertiary/aromatic N) is 3. The number of carbonyl (C=O) groups is 1. The molecule has 7 heteroatoms. The summed E-state index contributed by atoms with van der Waals surface area (Å²) in [5.41, 5.74) is 6.68. The summed E-state index contributed by atoms with van der Waals surface area (Å²) in [4.78, 5) is 14.9. The summed E-state index contributed by atoms with van der Waals surface area (Å²) in [5.74, 6) is 0.411. The van der Waals surface area contributed by atoms with Crippen LogP contribution in [-0.2, 0) is 10.2 Å². The summed E-state index contributed by atoms with van der Waals surface area (Å²) in [6.45, 7) is 8.50. The first-order chi connectivity index (χ1) is 14.8. The summed E-state index contributed by atoms with van der Waals surface area (Å²) in [5, 5.41) is 12.5. The van der Waals surface area contributed by atoms with E-state index in [9.17, 15) is 4.79 Å². The molecule has 2 heterocycles. The van der Waals surface area contributed by atoms with Gasteiger partial charge in [0.25, 0.3) is 0 Å². The van der Waals surface area contributed by atoms with Crippen LogP contribution < -0.4 is 10.2 Å². The molecule has 1 aliphatic rings. The molecule has 160 valence electrons. The highest BCUT2D eigenvalue weighted by molar-refractivity contribution is 8.01. The zero-order valence-electron chi connectivity index (χ0n) is 18.4. The van der Waals surface area contributed by atoms with Crippen LogP contribution in [0.3, 0.4) is 0 Å². The van der Waals surface area contributed by atoms with Gasteiger partial charge in [0.05, 0.1) is 5.75 Å². The van der Waals surface area contributed by atoms with E-state index in [0.29, 0.717) is 5.75 Å². The lowest BCUT2D eigenvalue weighted by molar-refractivity contribution is -0.112. The number of aryl methyl sites for hydroxylation is 1. The number of allylic oxidation sites excluding steroid dienone is 2. The van der Waals surface area contributed by atoms with Crippen LogP contribution in [0.15, 0.2) is 58.6 Å². The van der Waals surface area contributed by atoms with Crippen molar-refractivity contribution in [3.05, 3.63) is 70.9 Å². The molecule has 0 saturated heterocycles. The first-order valence-electron chi connectivity index (χ1n) is 10.1. The minimum atomic E-state index is -0.197. The average Bonchev–Trinajstić information content (AvgIpc) is 3.27. The summed E-state index contributed by atoms with van der Waals surface area (Å²) >= 11 is 2.89. The second-order valence-corrected chi connectivity index (χ2v) is 10.4. The van der Waals surface area contributed by atoms with Crippen molar-refractivity contribution in [3.8, 4) is 0 Å². The van der Waals surface area contributed by atoms with Crippen LogP contribution in [0.1, 0.15) is 30.5 Å². The first-order valence-corrected chi connectivity index (χ1v) is 12.0. The number of ketones is 1. The molecule has 3 aromatic rings. The minimum Gasteiger partial charge on any atom is -0.347 e. The molecule has 4 rings (SSSR count). The fraction of sp³-hybridized carbons (Fsp3) is 0.292. The van der Waals surface area contributed by atoms with Gasteiger partial charge in [0.15, 0.2) is 10.1 Å². The average molecular weight is 451 g/mol. The van der Waals surface area contributed by atoms with Crippen molar-refractivity contribution in [3.63, 3.8) is 0 Å². The number of benzene rings is 2. The molecule has 0 unspecified atom stereocenters. The second-order valence-electron chi connectivity index (χ2n) is 8.23. The van der Waals surface area contributed by atoms with Crippen LogP contribution >= 0.6 is 23.1 Å². The number of hydrogen-bond donors (Lipinski definition) is 1. The van der Waals surface area contributed by atoms with Gasteiger partial charge in [0, 0.05) is 35.6 Å². The molecule has 0 amide bonds. The standard InChI is InChI=1S/C24H26N4OS2/c1-15-9-8-11-19(16(15)2)25-22-26-27-23(31-22)30-14-17(29)13-21-24(3,4)18-10-6-7-12-20(18)28(21)5/h6-13H,14H2,1-5H3,(H,25,26). The first kappa shape index (κ1) is 21.6. The number of para-hydroxylation sites is 1. The monoisotopic (exact) mass is 450 g/mol. The summed E-state index contributed by atoms with van der Waals surface area (Å²) in [6, 6.07) is 14.5. The molecule has 0 bridgehead atoms. The number of rotatable bonds is 6. The van der Waals surface area contributed by atoms with Crippen LogP contribution in [0.25, 0.3) is 0 Å². The lowest BCUT2D eigenvalue weighted by Crippen LogP contribution is -2.24. The van der Waals surface area contributed by atoms with Gasteiger partial charge in [-0.05, 0) is 42.7 Å². The van der Waals surface area contributed by atoms with E-state index in [4.69, 9.17) is 0 Å². The smallest absolute Gasteiger partial charge is 0.210 e. The zero-order valence-corrected chi connectivity index (χ0v) is 20.0. The number of anilines is 3. The van der Waals surface area contributed by atoms with Crippen molar-refractivity contribution in [2.24, 2.45) is 0 Å². The number of carbonyl (C=O) groups excluding carboxylic acids is 1. The van der Waals surface area contributed by atoms with Crippen molar-refractivity contribution in [2.45, 2.75) is 37.4 Å². The van der Waals surface area contributed by atoms with Gasteiger partial charge in [0.2, 0.25) is 5.13 Å². The van der Waals surface area contributed by atoms with E-state index in [1.54, 1.807) is 6.08 Å². The third-order valence-electron chi connectivity index (χ3n) is 5.83. The lowest BCUT2D eigenvalue weighted by Gasteiger charge is -2.23. The van der Waals surface area contributed by atoms with Crippen LogP contribution in [0.2, 0.25) is 0 Å². The molecule has 5 nitrogen and oxygen atoms in total. The van der Waals surface area contributed by atoms with Gasteiger partial charge >= 0.3 is 0 Å². The molecular weight excluding hydrogens is 424 g/mol. The van der Waals surface area contributed by atoms with Crippen molar-refractivity contribution in [2.75, 3.05) is 23.0 Å². The van der Waals surface area contributed by atoms with Gasteiger partial charge in [0.1, 0.15) is 0 Å². The van der Waals surface area contributed by atoms with Crippen molar-refractivity contribution < 1.29 is 4.79 Å². The predicted molar refractivity (Wildman–Crippen MR) is 131 cm³/mol. The Morgan fingerprint density at radius 1 is 1.16 bits per heavy atom. The second kappa shape index (κ2) is 8.48. The fourth-order valence-electron chi connectivity index (χ4n) is 3.91. The number of nitrogens with one attached hydrogen (secondary N) is 1. The summed E-state index contributed by atoms with van der Waals surface area (Å²) < 4.78 is 0.780. The van der Waals surface area contributed by atoms with Crippen LogP contribution in [-0.4, -0.2) is 28.8 Å². The highest BCUT2D eigenvalue weighted by Crippen LogP contribution is 2.46. The van der Waals surface area contributed by atoms with Gasteiger partial charge in [-0.25, -0.2) is 0 Å². The summed E-state index contributed by atoms with van der Waals surface area (Å²) in [6.07, 6.45) is 1.78. The number of aromatic nitrogens is 2. The molecular formula is C24H26N4OS2. The molecule has 0 fully saturated rings. The summed E-state index contributed by atoms with van der Waals surface area (Å²) in [7, 11) is 2.02. The van der Waals surface area contributed by atoms with Gasteiger partial charge in [-0.15, -0.1) is 10.2 Å². The van der Waals surface area contributed by atoms with E-state index in [1.807, 2.05) is 31.3 Å². The molecule has 0 spiro atoms.